The Labute approximate surface area is 106 Å². The van der Waals surface area contributed by atoms with Crippen LogP contribution in [-0.4, -0.2) is 35.9 Å². The molecule has 0 aliphatic rings. The molecule has 0 aliphatic heterocycles. The second-order valence-corrected chi connectivity index (χ2v) is 3.87. The van der Waals surface area contributed by atoms with Gasteiger partial charge in [-0.3, -0.25) is 10.1 Å². The fourth-order valence-electron chi connectivity index (χ4n) is 1.43. The van der Waals surface area contributed by atoms with Crippen LogP contribution in [0.1, 0.15) is 12.5 Å². The van der Waals surface area contributed by atoms with E-state index in [4.69, 9.17) is 4.74 Å². The van der Waals surface area contributed by atoms with E-state index >= 15 is 0 Å². The molecule has 2 N–H and O–H groups in total. The van der Waals surface area contributed by atoms with E-state index < -0.39 is 11.0 Å². The van der Waals surface area contributed by atoms with Gasteiger partial charge in [-0.25, -0.2) is 0 Å². The molecule has 1 aromatic carbocycles. The highest BCUT2D eigenvalue weighted by Crippen LogP contribution is 2.11. The van der Waals surface area contributed by atoms with E-state index in [1.54, 1.807) is 12.1 Å². The number of hydrogen-bond donors (Lipinski definition) is 2. The Hall–Kier alpha value is -1.50. The summed E-state index contributed by atoms with van der Waals surface area (Å²) in [4.78, 5) is 10.0. The number of ether oxygens (including phenoxy) is 1. The molecule has 0 heterocycles. The SMILES string of the molecule is CCOCC(O)CNCc1ccc([N+](=O)[O-])cc1. The summed E-state index contributed by atoms with van der Waals surface area (Å²) >= 11 is 0. The fraction of sp³-hybridized carbons (Fsp3) is 0.500. The standard InChI is InChI=1S/C12H18N2O4/c1-2-18-9-12(15)8-13-7-10-3-5-11(6-4-10)14(16)17/h3-6,12-13,15H,2,7-9H2,1H3. The molecule has 0 amide bonds. The van der Waals surface area contributed by atoms with Crippen LogP contribution in [0.2, 0.25) is 0 Å². The summed E-state index contributed by atoms with van der Waals surface area (Å²) in [6.07, 6.45) is -0.539. The lowest BCUT2D eigenvalue weighted by molar-refractivity contribution is -0.384. The van der Waals surface area contributed by atoms with Gasteiger partial charge >= 0.3 is 0 Å². The van der Waals surface area contributed by atoms with Crippen molar-refractivity contribution >= 4 is 5.69 Å². The first kappa shape index (κ1) is 14.6. The van der Waals surface area contributed by atoms with Crippen LogP contribution in [0.4, 0.5) is 5.69 Å². The number of aliphatic hydroxyl groups is 1. The molecular weight excluding hydrogens is 236 g/mol. The van der Waals surface area contributed by atoms with Crippen LogP contribution in [0.5, 0.6) is 0 Å². The van der Waals surface area contributed by atoms with Crippen molar-refractivity contribution in [3.05, 3.63) is 39.9 Å². The van der Waals surface area contributed by atoms with Gasteiger partial charge < -0.3 is 15.2 Å². The molecule has 100 valence electrons. The number of nitro benzene ring substituents is 1. The maximum absolute atomic E-state index is 10.5. The van der Waals surface area contributed by atoms with Crippen molar-refractivity contribution in [3.8, 4) is 0 Å². The van der Waals surface area contributed by atoms with Crippen molar-refractivity contribution in [1.29, 1.82) is 0 Å². The molecule has 0 radical (unpaired) electrons. The molecule has 1 rings (SSSR count). The molecule has 1 atom stereocenters. The van der Waals surface area contributed by atoms with Gasteiger partial charge in [-0.05, 0) is 12.5 Å². The quantitative estimate of drug-likeness (QED) is 0.535. The van der Waals surface area contributed by atoms with Crippen molar-refractivity contribution in [1.82, 2.24) is 5.32 Å². The second kappa shape index (κ2) is 7.75. The highest BCUT2D eigenvalue weighted by Gasteiger charge is 2.05. The molecule has 0 saturated heterocycles. The van der Waals surface area contributed by atoms with Crippen LogP contribution < -0.4 is 5.32 Å². The largest absolute Gasteiger partial charge is 0.389 e. The molecule has 0 fully saturated rings. The molecule has 0 spiro atoms. The Morgan fingerprint density at radius 1 is 1.44 bits per heavy atom. The van der Waals surface area contributed by atoms with E-state index in [9.17, 15) is 15.2 Å². The topological polar surface area (TPSA) is 84.6 Å². The lowest BCUT2D eigenvalue weighted by Gasteiger charge is -2.11. The van der Waals surface area contributed by atoms with E-state index in [-0.39, 0.29) is 5.69 Å². The van der Waals surface area contributed by atoms with Gasteiger partial charge in [0.25, 0.3) is 5.69 Å². The fourth-order valence-corrected chi connectivity index (χ4v) is 1.43. The highest BCUT2D eigenvalue weighted by molar-refractivity contribution is 5.32. The minimum absolute atomic E-state index is 0.0788. The number of nitro groups is 1. The zero-order chi connectivity index (χ0) is 13.4. The second-order valence-electron chi connectivity index (χ2n) is 3.87. The Morgan fingerprint density at radius 2 is 2.11 bits per heavy atom. The molecule has 1 aromatic rings. The first-order valence-electron chi connectivity index (χ1n) is 5.83. The van der Waals surface area contributed by atoms with Crippen molar-refractivity contribution in [2.24, 2.45) is 0 Å². The average Bonchev–Trinajstić information content (AvgIpc) is 2.37. The Morgan fingerprint density at radius 3 is 2.67 bits per heavy atom. The lowest BCUT2D eigenvalue weighted by atomic mass is 10.2. The van der Waals surface area contributed by atoms with E-state index in [0.717, 1.165) is 5.56 Å². The zero-order valence-corrected chi connectivity index (χ0v) is 10.3. The van der Waals surface area contributed by atoms with Crippen LogP contribution in [-0.2, 0) is 11.3 Å². The molecule has 0 saturated carbocycles. The molecule has 1 unspecified atom stereocenters. The summed E-state index contributed by atoms with van der Waals surface area (Å²) in [5.74, 6) is 0. The number of nitrogens with one attached hydrogen (secondary N) is 1. The zero-order valence-electron chi connectivity index (χ0n) is 10.3. The first-order valence-corrected chi connectivity index (χ1v) is 5.83. The molecule has 6 nitrogen and oxygen atoms in total. The van der Waals surface area contributed by atoms with Gasteiger partial charge in [-0.15, -0.1) is 0 Å². The summed E-state index contributed by atoms with van der Waals surface area (Å²) in [6, 6.07) is 6.32. The number of hydrogen-bond acceptors (Lipinski definition) is 5. The van der Waals surface area contributed by atoms with Gasteiger partial charge in [0.2, 0.25) is 0 Å². The number of rotatable bonds is 8. The van der Waals surface area contributed by atoms with Gasteiger partial charge in [0.1, 0.15) is 0 Å². The molecule has 0 bridgehead atoms. The summed E-state index contributed by atoms with van der Waals surface area (Å²) in [7, 11) is 0. The van der Waals surface area contributed by atoms with Crippen LogP contribution in [0.25, 0.3) is 0 Å². The van der Waals surface area contributed by atoms with Crippen LogP contribution in [0.3, 0.4) is 0 Å². The number of non-ortho nitro benzene ring substituents is 1. The van der Waals surface area contributed by atoms with Gasteiger partial charge in [0.05, 0.1) is 17.6 Å². The van der Waals surface area contributed by atoms with Gasteiger partial charge in [-0.2, -0.15) is 0 Å². The smallest absolute Gasteiger partial charge is 0.269 e. The average molecular weight is 254 g/mol. The highest BCUT2D eigenvalue weighted by atomic mass is 16.6. The lowest BCUT2D eigenvalue weighted by Crippen LogP contribution is -2.30. The number of benzene rings is 1. The summed E-state index contributed by atoms with van der Waals surface area (Å²) in [5.41, 5.74) is 1.01. The van der Waals surface area contributed by atoms with Crippen LogP contribution >= 0.6 is 0 Å². The minimum Gasteiger partial charge on any atom is -0.389 e. The van der Waals surface area contributed by atoms with Crippen LogP contribution in [0, 0.1) is 10.1 Å². The maximum atomic E-state index is 10.5. The van der Waals surface area contributed by atoms with E-state index in [1.165, 1.54) is 12.1 Å². The van der Waals surface area contributed by atoms with Gasteiger partial charge in [-0.1, -0.05) is 12.1 Å². The minimum atomic E-state index is -0.539. The van der Waals surface area contributed by atoms with E-state index in [1.807, 2.05) is 6.92 Å². The van der Waals surface area contributed by atoms with Crippen molar-refractivity contribution in [3.63, 3.8) is 0 Å². The Bertz CT molecular complexity index is 367. The summed E-state index contributed by atoms with van der Waals surface area (Å²) in [6.45, 7) is 3.75. The van der Waals surface area contributed by atoms with Gasteiger partial charge in [0.15, 0.2) is 0 Å². The number of aliphatic hydroxyl groups excluding tert-OH is 1. The van der Waals surface area contributed by atoms with Gasteiger partial charge in [0, 0.05) is 31.8 Å². The first-order chi connectivity index (χ1) is 8.63. The van der Waals surface area contributed by atoms with E-state index in [2.05, 4.69) is 5.32 Å². The van der Waals surface area contributed by atoms with Crippen LogP contribution in [0.15, 0.2) is 24.3 Å². The Balaban J connectivity index is 2.29. The molecule has 0 aliphatic carbocycles. The summed E-state index contributed by atoms with van der Waals surface area (Å²) in [5, 5.41) is 23.0. The van der Waals surface area contributed by atoms with Crippen molar-refractivity contribution in [2.75, 3.05) is 19.8 Å². The molecular formula is C12H18N2O4. The summed E-state index contributed by atoms with van der Waals surface area (Å²) < 4.78 is 5.08. The predicted octanol–water partition coefficient (Wildman–Crippen LogP) is 1.08. The van der Waals surface area contributed by atoms with Crippen molar-refractivity contribution in [2.45, 2.75) is 19.6 Å². The Kier molecular flexibility index (Phi) is 6.27. The third-order valence-corrected chi connectivity index (χ3v) is 2.37. The molecule has 0 aromatic heterocycles. The molecule has 18 heavy (non-hydrogen) atoms. The predicted molar refractivity (Wildman–Crippen MR) is 67.3 cm³/mol. The normalized spacial score (nSPS) is 12.3. The van der Waals surface area contributed by atoms with E-state index in [0.29, 0.717) is 26.3 Å². The third kappa shape index (κ3) is 5.22. The van der Waals surface area contributed by atoms with Crippen molar-refractivity contribution < 1.29 is 14.8 Å². The molecule has 6 heteroatoms. The monoisotopic (exact) mass is 254 g/mol. The maximum Gasteiger partial charge on any atom is 0.269 e. The number of nitrogens with zero attached hydrogens (tertiary/aromatic N) is 1. The third-order valence-electron chi connectivity index (χ3n) is 2.37.